The summed E-state index contributed by atoms with van der Waals surface area (Å²) >= 11 is 0. The van der Waals surface area contributed by atoms with Gasteiger partial charge >= 0.3 is 0 Å². The van der Waals surface area contributed by atoms with E-state index in [1.54, 1.807) is 0 Å². The predicted octanol–water partition coefficient (Wildman–Crippen LogP) is 0.872. The van der Waals surface area contributed by atoms with Gasteiger partial charge in [-0.3, -0.25) is 4.90 Å². The molecule has 1 atom stereocenters. The molecular formula is C16H25N7O2. The normalized spacial score (nSPS) is 22.0. The number of nitrogens with zero attached hydrogens (tertiary/aromatic N) is 6. The van der Waals surface area contributed by atoms with Gasteiger partial charge in [-0.05, 0) is 42.5 Å². The molecule has 0 amide bonds. The van der Waals surface area contributed by atoms with E-state index < -0.39 is 0 Å². The summed E-state index contributed by atoms with van der Waals surface area (Å²) in [7, 11) is 0. The SMILES string of the molecule is OC[C@H]1CCCCN1CCNc1nc2nonc2nc1N1CCCC1. The van der Waals surface area contributed by atoms with E-state index in [1.165, 1.54) is 25.7 Å². The molecule has 9 nitrogen and oxygen atoms in total. The van der Waals surface area contributed by atoms with Gasteiger partial charge in [0.25, 0.3) is 0 Å². The molecule has 0 bridgehead atoms. The van der Waals surface area contributed by atoms with Gasteiger partial charge in [-0.25, -0.2) is 14.6 Å². The van der Waals surface area contributed by atoms with Crippen LogP contribution in [0.2, 0.25) is 0 Å². The molecule has 0 unspecified atom stereocenters. The van der Waals surface area contributed by atoms with Crippen molar-refractivity contribution in [2.75, 3.05) is 49.5 Å². The van der Waals surface area contributed by atoms with Crippen LogP contribution < -0.4 is 10.2 Å². The van der Waals surface area contributed by atoms with Crippen LogP contribution in [0.4, 0.5) is 11.6 Å². The number of aliphatic hydroxyl groups excluding tert-OH is 1. The van der Waals surface area contributed by atoms with Gasteiger partial charge < -0.3 is 15.3 Å². The summed E-state index contributed by atoms with van der Waals surface area (Å²) in [5.74, 6) is 1.57. The van der Waals surface area contributed by atoms with Gasteiger partial charge in [-0.2, -0.15) is 0 Å². The van der Waals surface area contributed by atoms with Crippen LogP contribution in [0.5, 0.6) is 0 Å². The number of aliphatic hydroxyl groups is 1. The Bertz CT molecular complexity index is 701. The minimum atomic E-state index is 0.232. The average Bonchev–Trinajstić information content (AvgIpc) is 3.32. The Morgan fingerprint density at radius 2 is 1.80 bits per heavy atom. The molecule has 2 saturated heterocycles. The van der Waals surface area contributed by atoms with Crippen molar-refractivity contribution in [3.63, 3.8) is 0 Å². The maximum atomic E-state index is 9.54. The second-order valence-electron chi connectivity index (χ2n) is 6.80. The first-order chi connectivity index (χ1) is 12.3. The van der Waals surface area contributed by atoms with Gasteiger partial charge in [-0.1, -0.05) is 6.42 Å². The van der Waals surface area contributed by atoms with E-state index in [2.05, 4.69) is 35.4 Å². The standard InChI is InChI=1S/C16H25N7O2/c24-11-12-5-1-2-7-22(12)10-6-17-15-16(23-8-3-4-9-23)19-14-13(18-15)20-25-21-14/h12,24H,1-11H2,(H,17,18,20)/t12-/m1/s1. The zero-order chi connectivity index (χ0) is 17.1. The molecule has 25 heavy (non-hydrogen) atoms. The van der Waals surface area contributed by atoms with E-state index in [-0.39, 0.29) is 12.6 Å². The molecule has 2 aromatic rings. The predicted molar refractivity (Wildman–Crippen MR) is 93.6 cm³/mol. The lowest BCUT2D eigenvalue weighted by Gasteiger charge is -2.34. The quantitative estimate of drug-likeness (QED) is 0.787. The highest BCUT2D eigenvalue weighted by Gasteiger charge is 2.23. The molecule has 9 heteroatoms. The number of likely N-dealkylation sites (tertiary alicyclic amines) is 1. The summed E-state index contributed by atoms with van der Waals surface area (Å²) in [4.78, 5) is 13.7. The van der Waals surface area contributed by atoms with Gasteiger partial charge in [-0.15, -0.1) is 0 Å². The zero-order valence-electron chi connectivity index (χ0n) is 14.4. The smallest absolute Gasteiger partial charge is 0.245 e. The molecule has 4 rings (SSSR count). The molecule has 0 aliphatic carbocycles. The van der Waals surface area contributed by atoms with Crippen LogP contribution in [0.25, 0.3) is 11.3 Å². The number of hydrogen-bond acceptors (Lipinski definition) is 9. The van der Waals surface area contributed by atoms with Crippen molar-refractivity contribution < 1.29 is 9.74 Å². The van der Waals surface area contributed by atoms with Crippen LogP contribution in [0.1, 0.15) is 32.1 Å². The Hall–Kier alpha value is -2.00. The summed E-state index contributed by atoms with van der Waals surface area (Å²) in [6.07, 6.45) is 5.82. The van der Waals surface area contributed by atoms with Crippen LogP contribution in [0, 0.1) is 0 Å². The third-order valence-electron chi connectivity index (χ3n) is 5.15. The van der Waals surface area contributed by atoms with Crippen molar-refractivity contribution in [1.29, 1.82) is 0 Å². The molecular weight excluding hydrogens is 322 g/mol. The van der Waals surface area contributed by atoms with E-state index >= 15 is 0 Å². The third-order valence-corrected chi connectivity index (χ3v) is 5.15. The fraction of sp³-hybridized carbons (Fsp3) is 0.750. The number of anilines is 2. The van der Waals surface area contributed by atoms with Crippen molar-refractivity contribution >= 4 is 22.9 Å². The van der Waals surface area contributed by atoms with Gasteiger partial charge in [0.15, 0.2) is 11.6 Å². The van der Waals surface area contributed by atoms with Crippen molar-refractivity contribution in [3.05, 3.63) is 0 Å². The second-order valence-corrected chi connectivity index (χ2v) is 6.80. The van der Waals surface area contributed by atoms with Crippen molar-refractivity contribution in [3.8, 4) is 0 Å². The molecule has 2 N–H and O–H groups in total. The molecule has 2 aliphatic rings. The number of nitrogens with one attached hydrogen (secondary N) is 1. The third kappa shape index (κ3) is 3.52. The molecule has 136 valence electrons. The number of aromatic nitrogens is 4. The van der Waals surface area contributed by atoms with Gasteiger partial charge in [0, 0.05) is 32.2 Å². The van der Waals surface area contributed by atoms with Crippen LogP contribution in [-0.4, -0.2) is 75.7 Å². The van der Waals surface area contributed by atoms with Crippen molar-refractivity contribution in [2.24, 2.45) is 0 Å². The Balaban J connectivity index is 1.47. The first-order valence-corrected chi connectivity index (χ1v) is 9.19. The minimum absolute atomic E-state index is 0.232. The largest absolute Gasteiger partial charge is 0.395 e. The molecule has 0 saturated carbocycles. The Morgan fingerprint density at radius 1 is 1.04 bits per heavy atom. The monoisotopic (exact) mass is 347 g/mol. The van der Waals surface area contributed by atoms with Crippen molar-refractivity contribution in [2.45, 2.75) is 38.1 Å². The van der Waals surface area contributed by atoms with E-state index in [9.17, 15) is 5.11 Å². The lowest BCUT2D eigenvalue weighted by atomic mass is 10.0. The summed E-state index contributed by atoms with van der Waals surface area (Å²) < 4.78 is 4.76. The summed E-state index contributed by atoms with van der Waals surface area (Å²) in [6, 6.07) is 0.280. The van der Waals surface area contributed by atoms with Crippen LogP contribution in [-0.2, 0) is 0 Å². The number of rotatable bonds is 6. The molecule has 0 radical (unpaired) electrons. The van der Waals surface area contributed by atoms with Gasteiger partial charge in [0.2, 0.25) is 11.3 Å². The topological polar surface area (TPSA) is 103 Å². The fourth-order valence-electron chi connectivity index (χ4n) is 3.78. The Morgan fingerprint density at radius 3 is 2.60 bits per heavy atom. The van der Waals surface area contributed by atoms with Crippen LogP contribution >= 0.6 is 0 Å². The zero-order valence-corrected chi connectivity index (χ0v) is 14.4. The number of piperidine rings is 1. The maximum absolute atomic E-state index is 9.54. The number of fused-ring (bicyclic) bond motifs is 1. The second kappa shape index (κ2) is 7.49. The average molecular weight is 347 g/mol. The lowest BCUT2D eigenvalue weighted by molar-refractivity contribution is 0.0940. The summed E-state index contributed by atoms with van der Waals surface area (Å²) in [5, 5.41) is 20.6. The van der Waals surface area contributed by atoms with Crippen LogP contribution in [0.15, 0.2) is 4.63 Å². The summed E-state index contributed by atoms with van der Waals surface area (Å²) in [6.45, 7) is 4.88. The van der Waals surface area contributed by atoms with E-state index in [0.717, 1.165) is 50.8 Å². The number of hydrogen-bond donors (Lipinski definition) is 2. The Kier molecular flexibility index (Phi) is 4.93. The highest BCUT2D eigenvalue weighted by atomic mass is 16.6. The first-order valence-electron chi connectivity index (χ1n) is 9.19. The fourth-order valence-corrected chi connectivity index (χ4v) is 3.78. The molecule has 0 spiro atoms. The molecule has 2 aliphatic heterocycles. The van der Waals surface area contributed by atoms with Gasteiger partial charge in [0.05, 0.1) is 6.61 Å². The molecule has 2 fully saturated rings. The summed E-state index contributed by atoms with van der Waals surface area (Å²) in [5.41, 5.74) is 0.875. The first kappa shape index (κ1) is 16.5. The molecule has 4 heterocycles. The van der Waals surface area contributed by atoms with Crippen molar-refractivity contribution in [1.82, 2.24) is 25.2 Å². The molecule has 0 aromatic carbocycles. The highest BCUT2D eigenvalue weighted by Crippen LogP contribution is 2.26. The van der Waals surface area contributed by atoms with E-state index in [4.69, 9.17) is 4.63 Å². The minimum Gasteiger partial charge on any atom is -0.395 e. The highest BCUT2D eigenvalue weighted by molar-refractivity contribution is 5.74. The lowest BCUT2D eigenvalue weighted by Crippen LogP contribution is -2.44. The van der Waals surface area contributed by atoms with E-state index in [1.807, 2.05) is 0 Å². The molecule has 2 aromatic heterocycles. The Labute approximate surface area is 146 Å². The van der Waals surface area contributed by atoms with Gasteiger partial charge in [0.1, 0.15) is 0 Å². The maximum Gasteiger partial charge on any atom is 0.245 e. The van der Waals surface area contributed by atoms with E-state index in [0.29, 0.717) is 11.3 Å². The van der Waals surface area contributed by atoms with Crippen LogP contribution in [0.3, 0.4) is 0 Å².